The highest BCUT2D eigenvalue weighted by molar-refractivity contribution is 6.47. The molecule has 2 N–H and O–H groups in total. The molecule has 2 rings (SSSR count). The predicted octanol–water partition coefficient (Wildman–Crippen LogP) is 1.46. The number of esters is 1. The van der Waals surface area contributed by atoms with E-state index >= 15 is 0 Å². The average molecular weight is 415 g/mol. The van der Waals surface area contributed by atoms with Gasteiger partial charge < -0.3 is 29.2 Å². The van der Waals surface area contributed by atoms with Crippen LogP contribution in [0.2, 0.25) is 0 Å². The molecule has 0 aliphatic carbocycles. The highest BCUT2D eigenvalue weighted by atomic mass is 19.3. The van der Waals surface area contributed by atoms with E-state index in [9.17, 15) is 28.2 Å². The minimum Gasteiger partial charge on any atom is -0.534 e. The van der Waals surface area contributed by atoms with Crippen LogP contribution in [-0.2, 0) is 25.4 Å². The van der Waals surface area contributed by atoms with E-state index in [4.69, 9.17) is 9.39 Å². The molecule has 0 radical (unpaired) electrons. The topological polar surface area (TPSA) is 120 Å². The van der Waals surface area contributed by atoms with Crippen molar-refractivity contribution >= 4 is 25.2 Å². The summed E-state index contributed by atoms with van der Waals surface area (Å²) in [5.74, 6) is -7.16. The summed E-state index contributed by atoms with van der Waals surface area (Å²) in [6.07, 6.45) is -1.75. The van der Waals surface area contributed by atoms with Crippen molar-refractivity contribution in [2.24, 2.45) is 0 Å². The van der Waals surface area contributed by atoms with Gasteiger partial charge in [-0.1, -0.05) is 19.1 Å². The first-order valence-corrected chi connectivity index (χ1v) is 8.81. The monoisotopic (exact) mass is 415 g/mol. The molecule has 0 spiro atoms. The van der Waals surface area contributed by atoms with E-state index in [1.807, 2.05) is 0 Å². The van der Waals surface area contributed by atoms with E-state index in [0.29, 0.717) is 5.56 Å². The van der Waals surface area contributed by atoms with E-state index in [1.165, 1.54) is 12.1 Å². The number of carbonyl (C=O) groups excluding carboxylic acids is 3. The van der Waals surface area contributed by atoms with Gasteiger partial charge in [-0.15, -0.1) is 0 Å². The zero-order chi connectivity index (χ0) is 21.6. The van der Waals surface area contributed by atoms with Crippen LogP contribution in [0, 0.1) is 0 Å². The largest absolute Gasteiger partial charge is 0.547 e. The van der Waals surface area contributed by atoms with E-state index < -0.39 is 50.2 Å². The van der Waals surface area contributed by atoms with E-state index in [1.54, 1.807) is 13.0 Å². The zero-order valence-corrected chi connectivity index (χ0v) is 15.8. The Kier molecular flexibility index (Phi) is 7.37. The molecule has 29 heavy (non-hydrogen) atoms. The van der Waals surface area contributed by atoms with E-state index in [0.717, 1.165) is 6.92 Å². The number of hydrogen-bond donors (Lipinski definition) is 2. The van der Waals surface area contributed by atoms with Crippen LogP contribution in [0.25, 0.3) is 0 Å². The molecule has 1 heterocycles. The number of ether oxygens (including phenoxy) is 3. The Morgan fingerprint density at radius 2 is 2.00 bits per heavy atom. The molecular formula is C17H20BF2NO8. The SMILES string of the molecule is CCOC(=O)OCOC(=O)c1cccc2c1OB(O)[C@@H](NC(=O)C(F)(F)CC)C2. The van der Waals surface area contributed by atoms with Gasteiger partial charge in [0, 0.05) is 6.42 Å². The number of rotatable bonds is 7. The summed E-state index contributed by atoms with van der Waals surface area (Å²) in [6, 6.07) is 4.38. The Bertz CT molecular complexity index is 776. The molecule has 1 aliphatic heterocycles. The molecule has 0 aromatic heterocycles. The number of nitrogens with one attached hydrogen (secondary N) is 1. The molecule has 0 unspecified atom stereocenters. The molecule has 0 bridgehead atoms. The summed E-state index contributed by atoms with van der Waals surface area (Å²) < 4.78 is 46.1. The average Bonchev–Trinajstić information content (AvgIpc) is 2.68. The van der Waals surface area contributed by atoms with Gasteiger partial charge in [0.05, 0.1) is 12.5 Å². The summed E-state index contributed by atoms with van der Waals surface area (Å²) >= 11 is 0. The molecule has 1 aromatic carbocycles. The number of hydrogen-bond acceptors (Lipinski definition) is 8. The first-order chi connectivity index (χ1) is 13.7. The fourth-order valence-corrected chi connectivity index (χ4v) is 2.51. The van der Waals surface area contributed by atoms with Gasteiger partial charge in [-0.25, -0.2) is 9.59 Å². The van der Waals surface area contributed by atoms with Crippen molar-refractivity contribution in [2.45, 2.75) is 38.6 Å². The number of para-hydroxylation sites is 1. The third-order valence-electron chi connectivity index (χ3n) is 4.06. The summed E-state index contributed by atoms with van der Waals surface area (Å²) in [5, 5.41) is 12.2. The lowest BCUT2D eigenvalue weighted by atomic mass is 9.72. The molecule has 0 saturated heterocycles. The zero-order valence-electron chi connectivity index (χ0n) is 15.8. The van der Waals surface area contributed by atoms with Gasteiger partial charge in [-0.3, -0.25) is 4.79 Å². The molecule has 0 saturated carbocycles. The maximum atomic E-state index is 13.5. The predicted molar refractivity (Wildman–Crippen MR) is 94.3 cm³/mol. The van der Waals surface area contributed by atoms with Gasteiger partial charge in [0.2, 0.25) is 6.79 Å². The number of carbonyl (C=O) groups is 3. The fraction of sp³-hybridized carbons (Fsp3) is 0.471. The van der Waals surface area contributed by atoms with E-state index in [-0.39, 0.29) is 24.3 Å². The molecule has 1 aliphatic rings. The number of alkyl halides is 2. The van der Waals surface area contributed by atoms with Crippen LogP contribution in [0.15, 0.2) is 18.2 Å². The second-order valence-electron chi connectivity index (χ2n) is 6.02. The minimum absolute atomic E-state index is 0.0196. The maximum Gasteiger partial charge on any atom is 0.547 e. The van der Waals surface area contributed by atoms with Gasteiger partial charge >= 0.3 is 25.2 Å². The van der Waals surface area contributed by atoms with Gasteiger partial charge in [0.15, 0.2) is 0 Å². The number of fused-ring (bicyclic) bond motifs is 1. The lowest BCUT2D eigenvalue weighted by molar-refractivity contribution is -0.146. The lowest BCUT2D eigenvalue weighted by Crippen LogP contribution is -2.56. The van der Waals surface area contributed by atoms with Crippen LogP contribution in [0.1, 0.15) is 36.2 Å². The summed E-state index contributed by atoms with van der Waals surface area (Å²) in [5.41, 5.74) is 0.318. The second kappa shape index (κ2) is 9.55. The van der Waals surface area contributed by atoms with Crippen LogP contribution in [0.4, 0.5) is 13.6 Å². The van der Waals surface area contributed by atoms with Gasteiger partial charge in [-0.2, -0.15) is 8.78 Å². The first-order valence-electron chi connectivity index (χ1n) is 8.81. The Labute approximate surface area is 165 Å². The summed E-state index contributed by atoms with van der Waals surface area (Å²) in [4.78, 5) is 34.9. The smallest absolute Gasteiger partial charge is 0.534 e. The van der Waals surface area contributed by atoms with Crippen molar-refractivity contribution in [1.82, 2.24) is 5.32 Å². The first kappa shape index (κ1) is 22.4. The highest BCUT2D eigenvalue weighted by Gasteiger charge is 2.43. The molecule has 1 amide bonds. The van der Waals surface area contributed by atoms with Crippen molar-refractivity contribution in [2.75, 3.05) is 13.4 Å². The third kappa shape index (κ3) is 5.56. The maximum absolute atomic E-state index is 13.5. The highest BCUT2D eigenvalue weighted by Crippen LogP contribution is 2.31. The van der Waals surface area contributed by atoms with Crippen LogP contribution in [-0.4, -0.2) is 55.4 Å². The van der Waals surface area contributed by atoms with Crippen LogP contribution in [0.3, 0.4) is 0 Å². The Hall–Kier alpha value is -2.89. The molecule has 158 valence electrons. The van der Waals surface area contributed by atoms with Gasteiger partial charge in [0.25, 0.3) is 5.91 Å². The van der Waals surface area contributed by atoms with Crippen molar-refractivity contribution in [1.29, 1.82) is 0 Å². The molecule has 1 aromatic rings. The lowest BCUT2D eigenvalue weighted by Gasteiger charge is -2.30. The van der Waals surface area contributed by atoms with Crippen molar-refractivity contribution in [3.8, 4) is 5.75 Å². The minimum atomic E-state index is -3.58. The van der Waals surface area contributed by atoms with Crippen LogP contribution in [0.5, 0.6) is 5.75 Å². The van der Waals surface area contributed by atoms with Crippen molar-refractivity contribution < 1.29 is 47.1 Å². The molecule has 9 nitrogen and oxygen atoms in total. The number of amides is 1. The quantitative estimate of drug-likeness (QED) is 0.390. The molecular weight excluding hydrogens is 395 g/mol. The third-order valence-corrected chi connectivity index (χ3v) is 4.06. The fourth-order valence-electron chi connectivity index (χ4n) is 2.51. The number of halogens is 2. The van der Waals surface area contributed by atoms with Gasteiger partial charge in [0.1, 0.15) is 11.3 Å². The normalized spacial score (nSPS) is 15.6. The van der Waals surface area contributed by atoms with E-state index in [2.05, 4.69) is 14.8 Å². The second-order valence-corrected chi connectivity index (χ2v) is 6.02. The summed E-state index contributed by atoms with van der Waals surface area (Å²) in [6.45, 7) is 2.12. The van der Waals surface area contributed by atoms with Gasteiger partial charge in [-0.05, 0) is 25.0 Å². The van der Waals surface area contributed by atoms with Crippen LogP contribution >= 0.6 is 0 Å². The molecule has 12 heteroatoms. The molecule has 0 fully saturated rings. The standard InChI is InChI=1S/C17H20BF2NO8/c1-3-17(19,20)15(23)21-12-8-10-6-5-7-11(13(10)29-18(12)25)14(22)27-9-28-16(24)26-4-2/h5-7,12,25H,3-4,8-9H2,1-2H3,(H,21,23)/t12-/m0/s1. The summed E-state index contributed by atoms with van der Waals surface area (Å²) in [7, 11) is -1.66. The molecule has 1 atom stereocenters. The Morgan fingerprint density at radius 3 is 2.66 bits per heavy atom. The van der Waals surface area contributed by atoms with Crippen molar-refractivity contribution in [3.63, 3.8) is 0 Å². The van der Waals surface area contributed by atoms with Crippen LogP contribution < -0.4 is 9.97 Å². The Balaban J connectivity index is 2.06. The van der Waals surface area contributed by atoms with Crippen molar-refractivity contribution in [3.05, 3.63) is 29.3 Å². The number of benzene rings is 1. The Morgan fingerprint density at radius 1 is 1.28 bits per heavy atom.